The lowest BCUT2D eigenvalue weighted by molar-refractivity contribution is -0.158. The molecular weight excluding hydrogens is 327 g/mol. The maximum absolute atomic E-state index is 12.8. The molecule has 1 aromatic carbocycles. The Morgan fingerprint density at radius 1 is 1.42 bits per heavy atom. The molecule has 1 aliphatic rings. The van der Waals surface area contributed by atoms with Crippen molar-refractivity contribution in [2.24, 2.45) is 0 Å². The third-order valence-electron chi connectivity index (χ3n) is 4.00. The summed E-state index contributed by atoms with van der Waals surface area (Å²) in [6, 6.07) is 3.77. The third kappa shape index (κ3) is 4.25. The Hall–Kier alpha value is -2.09. The number of benzene rings is 1. The molecule has 1 fully saturated rings. The highest BCUT2D eigenvalue weighted by molar-refractivity contribution is 5.84. The van der Waals surface area contributed by atoms with E-state index in [2.05, 4.69) is 0 Å². The first-order valence-electron chi connectivity index (χ1n) is 7.47. The zero-order chi connectivity index (χ0) is 17.9. The fourth-order valence-electron chi connectivity index (χ4n) is 2.63. The van der Waals surface area contributed by atoms with E-state index in [-0.39, 0.29) is 26.2 Å². The number of carboxylic acid groups (broad SMARTS) is 1. The number of ether oxygens (including phenoxy) is 1. The monoisotopic (exact) mass is 345 g/mol. The van der Waals surface area contributed by atoms with Crippen LogP contribution in [-0.2, 0) is 20.5 Å². The molecule has 2 rings (SSSR count). The van der Waals surface area contributed by atoms with E-state index in [4.69, 9.17) is 9.84 Å². The minimum Gasteiger partial charge on any atom is -0.480 e. The fourth-order valence-corrected chi connectivity index (χ4v) is 2.63. The molecule has 0 bridgehead atoms. The first-order valence-corrected chi connectivity index (χ1v) is 7.47. The van der Waals surface area contributed by atoms with E-state index < -0.39 is 35.6 Å². The molecule has 2 atom stereocenters. The molecule has 0 spiro atoms. The molecule has 1 heterocycles. The van der Waals surface area contributed by atoms with Crippen LogP contribution in [0.5, 0.6) is 0 Å². The zero-order valence-corrected chi connectivity index (χ0v) is 13.0. The summed E-state index contributed by atoms with van der Waals surface area (Å²) in [7, 11) is 0. The minimum absolute atomic E-state index is 0.0644. The standard InChI is InChI=1S/C16H18F3NO4/c1-10(11-3-2-4-12(8-11)16(17,18)19)7-14(21)20-5-6-24-9-13(20)15(22)23/h2-4,8,10,13H,5-7,9H2,1H3,(H,22,23)/t10-,13+/m0/s1. The van der Waals surface area contributed by atoms with Crippen molar-refractivity contribution in [1.29, 1.82) is 0 Å². The van der Waals surface area contributed by atoms with Crippen LogP contribution in [0.25, 0.3) is 0 Å². The van der Waals surface area contributed by atoms with Crippen LogP contribution in [0.15, 0.2) is 24.3 Å². The molecule has 1 aromatic rings. The number of carbonyl (C=O) groups excluding carboxylic acids is 1. The van der Waals surface area contributed by atoms with Gasteiger partial charge >= 0.3 is 12.1 Å². The lowest BCUT2D eigenvalue weighted by Crippen LogP contribution is -2.52. The normalized spacial score (nSPS) is 19.8. The van der Waals surface area contributed by atoms with Gasteiger partial charge in [0.2, 0.25) is 5.91 Å². The first-order chi connectivity index (χ1) is 11.2. The van der Waals surface area contributed by atoms with Crippen LogP contribution in [0.2, 0.25) is 0 Å². The van der Waals surface area contributed by atoms with E-state index in [9.17, 15) is 22.8 Å². The average molecular weight is 345 g/mol. The molecule has 5 nitrogen and oxygen atoms in total. The highest BCUT2D eigenvalue weighted by Gasteiger charge is 2.34. The van der Waals surface area contributed by atoms with Gasteiger partial charge in [-0.05, 0) is 17.5 Å². The van der Waals surface area contributed by atoms with Gasteiger partial charge in [-0.3, -0.25) is 4.79 Å². The van der Waals surface area contributed by atoms with Crippen molar-refractivity contribution in [3.63, 3.8) is 0 Å². The summed E-state index contributed by atoms with van der Waals surface area (Å²) in [5.74, 6) is -2.03. The van der Waals surface area contributed by atoms with Crippen LogP contribution in [0.1, 0.15) is 30.4 Å². The largest absolute Gasteiger partial charge is 0.480 e. The maximum atomic E-state index is 12.8. The third-order valence-corrected chi connectivity index (χ3v) is 4.00. The van der Waals surface area contributed by atoms with Crippen LogP contribution in [0, 0.1) is 0 Å². The molecule has 1 N–H and O–H groups in total. The van der Waals surface area contributed by atoms with Gasteiger partial charge in [-0.15, -0.1) is 0 Å². The summed E-state index contributed by atoms with van der Waals surface area (Å²) in [4.78, 5) is 24.8. The van der Waals surface area contributed by atoms with Gasteiger partial charge in [0.15, 0.2) is 6.04 Å². The van der Waals surface area contributed by atoms with E-state index in [0.29, 0.717) is 5.56 Å². The Kier molecular flexibility index (Phi) is 5.48. The number of alkyl halides is 3. The molecule has 0 aliphatic carbocycles. The Balaban J connectivity index is 2.10. The Labute approximate surface area is 137 Å². The summed E-state index contributed by atoms with van der Waals surface area (Å²) in [6.45, 7) is 1.96. The smallest absolute Gasteiger partial charge is 0.416 e. The highest BCUT2D eigenvalue weighted by Crippen LogP contribution is 2.32. The van der Waals surface area contributed by atoms with Crippen LogP contribution >= 0.6 is 0 Å². The summed E-state index contributed by atoms with van der Waals surface area (Å²) < 4.78 is 43.4. The number of rotatable bonds is 4. The number of carbonyl (C=O) groups is 2. The van der Waals surface area contributed by atoms with E-state index in [0.717, 1.165) is 12.1 Å². The number of hydrogen-bond acceptors (Lipinski definition) is 3. The van der Waals surface area contributed by atoms with Gasteiger partial charge in [-0.1, -0.05) is 25.1 Å². The van der Waals surface area contributed by atoms with Gasteiger partial charge in [-0.25, -0.2) is 4.79 Å². The SMILES string of the molecule is C[C@@H](CC(=O)N1CCOC[C@@H]1C(=O)O)c1cccc(C(F)(F)F)c1. The number of amides is 1. The predicted octanol–water partition coefficient (Wildman–Crippen LogP) is 2.51. The van der Waals surface area contributed by atoms with Crippen molar-refractivity contribution in [1.82, 2.24) is 4.90 Å². The maximum Gasteiger partial charge on any atom is 0.416 e. The second-order valence-electron chi connectivity index (χ2n) is 5.74. The summed E-state index contributed by atoms with van der Waals surface area (Å²) in [6.07, 6.45) is -4.51. The second kappa shape index (κ2) is 7.21. The fraction of sp³-hybridized carbons (Fsp3) is 0.500. The molecule has 0 aromatic heterocycles. The molecule has 1 saturated heterocycles. The number of hydrogen-bond donors (Lipinski definition) is 1. The van der Waals surface area contributed by atoms with E-state index in [1.165, 1.54) is 17.0 Å². The van der Waals surface area contributed by atoms with Crippen molar-refractivity contribution >= 4 is 11.9 Å². The second-order valence-corrected chi connectivity index (χ2v) is 5.74. The number of carboxylic acids is 1. The van der Waals surface area contributed by atoms with Crippen LogP contribution in [0.3, 0.4) is 0 Å². The molecule has 1 aliphatic heterocycles. The van der Waals surface area contributed by atoms with Crippen LogP contribution in [0.4, 0.5) is 13.2 Å². The summed E-state index contributed by atoms with van der Waals surface area (Å²) in [5, 5.41) is 9.14. The lowest BCUT2D eigenvalue weighted by Gasteiger charge is -2.33. The van der Waals surface area contributed by atoms with Crippen molar-refractivity contribution in [3.05, 3.63) is 35.4 Å². The van der Waals surface area contributed by atoms with Crippen molar-refractivity contribution in [3.8, 4) is 0 Å². The van der Waals surface area contributed by atoms with Crippen molar-refractivity contribution < 1.29 is 32.6 Å². The Morgan fingerprint density at radius 3 is 2.75 bits per heavy atom. The number of halogens is 3. The zero-order valence-electron chi connectivity index (χ0n) is 13.0. The quantitative estimate of drug-likeness (QED) is 0.911. The molecule has 0 radical (unpaired) electrons. The van der Waals surface area contributed by atoms with Gasteiger partial charge < -0.3 is 14.7 Å². The van der Waals surface area contributed by atoms with E-state index in [1.54, 1.807) is 6.92 Å². The topological polar surface area (TPSA) is 66.8 Å². The molecule has 0 saturated carbocycles. The average Bonchev–Trinajstić information content (AvgIpc) is 2.54. The predicted molar refractivity (Wildman–Crippen MR) is 78.4 cm³/mol. The number of nitrogens with zero attached hydrogens (tertiary/aromatic N) is 1. The number of morpholine rings is 1. The van der Waals surface area contributed by atoms with E-state index in [1.807, 2.05) is 0 Å². The van der Waals surface area contributed by atoms with Crippen LogP contribution in [-0.4, -0.2) is 47.7 Å². The molecule has 8 heteroatoms. The molecule has 24 heavy (non-hydrogen) atoms. The lowest BCUT2D eigenvalue weighted by atomic mass is 9.95. The van der Waals surface area contributed by atoms with Gasteiger partial charge in [0.05, 0.1) is 18.8 Å². The first kappa shape index (κ1) is 18.3. The highest BCUT2D eigenvalue weighted by atomic mass is 19.4. The summed E-state index contributed by atoms with van der Waals surface area (Å²) >= 11 is 0. The van der Waals surface area contributed by atoms with Gasteiger partial charge in [-0.2, -0.15) is 13.2 Å². The van der Waals surface area contributed by atoms with Crippen molar-refractivity contribution in [2.75, 3.05) is 19.8 Å². The van der Waals surface area contributed by atoms with Gasteiger partial charge in [0, 0.05) is 13.0 Å². The Morgan fingerprint density at radius 2 is 2.12 bits per heavy atom. The molecule has 0 unspecified atom stereocenters. The van der Waals surface area contributed by atoms with E-state index >= 15 is 0 Å². The Bertz CT molecular complexity index is 618. The van der Waals surface area contributed by atoms with Crippen molar-refractivity contribution in [2.45, 2.75) is 31.5 Å². The molecule has 1 amide bonds. The van der Waals surface area contributed by atoms with Gasteiger partial charge in [0.25, 0.3) is 0 Å². The summed E-state index contributed by atoms with van der Waals surface area (Å²) in [5.41, 5.74) is -0.382. The van der Waals surface area contributed by atoms with Crippen LogP contribution < -0.4 is 0 Å². The molecular formula is C16H18F3NO4. The number of aliphatic carboxylic acids is 1. The minimum atomic E-state index is -4.45. The molecule has 132 valence electrons. The van der Waals surface area contributed by atoms with Gasteiger partial charge in [0.1, 0.15) is 0 Å².